The minimum atomic E-state index is -0.606. The number of esters is 2. The summed E-state index contributed by atoms with van der Waals surface area (Å²) in [4.78, 5) is 48.1. The van der Waals surface area contributed by atoms with Gasteiger partial charge in [0.05, 0.1) is 18.7 Å². The van der Waals surface area contributed by atoms with Crippen molar-refractivity contribution < 1.29 is 33.4 Å². The van der Waals surface area contributed by atoms with Gasteiger partial charge in [0.1, 0.15) is 18.1 Å². The van der Waals surface area contributed by atoms with Gasteiger partial charge in [-0.1, -0.05) is 31.9 Å². The molecule has 2 amide bonds. The monoisotopic (exact) mass is 477 g/mol. The van der Waals surface area contributed by atoms with Crippen LogP contribution in [-0.4, -0.2) is 48.4 Å². The van der Waals surface area contributed by atoms with E-state index in [1.54, 1.807) is 54.6 Å². The molecule has 8 nitrogen and oxygen atoms in total. The van der Waals surface area contributed by atoms with Crippen molar-refractivity contribution in [2.75, 3.05) is 19.8 Å². The van der Waals surface area contributed by atoms with Crippen molar-refractivity contribution in [1.29, 1.82) is 0 Å². The Morgan fingerprint density at radius 2 is 1.51 bits per heavy atom. The fraction of sp³-hybridized carbons (Fsp3) is 0.259. The number of carbonyl (C=O) groups is 4. The molecule has 3 rings (SSSR count). The van der Waals surface area contributed by atoms with E-state index < -0.39 is 23.8 Å². The first-order chi connectivity index (χ1) is 17.0. The number of ether oxygens (including phenoxy) is 3. The van der Waals surface area contributed by atoms with Gasteiger partial charge in [-0.2, -0.15) is 0 Å². The van der Waals surface area contributed by atoms with E-state index in [2.05, 4.69) is 6.92 Å². The van der Waals surface area contributed by atoms with Gasteiger partial charge in [-0.05, 0) is 54.5 Å². The number of hydrogen-bond acceptors (Lipinski definition) is 7. The van der Waals surface area contributed by atoms with Crippen molar-refractivity contribution in [3.05, 3.63) is 77.9 Å². The maximum Gasteiger partial charge on any atom is 0.343 e. The molecule has 2 aromatic carbocycles. The van der Waals surface area contributed by atoms with Crippen LogP contribution in [-0.2, 0) is 19.1 Å². The fourth-order valence-corrected chi connectivity index (χ4v) is 3.14. The lowest BCUT2D eigenvalue weighted by Crippen LogP contribution is -2.33. The fourth-order valence-electron chi connectivity index (χ4n) is 3.14. The number of benzene rings is 2. The van der Waals surface area contributed by atoms with Crippen molar-refractivity contribution >= 4 is 29.8 Å². The highest BCUT2D eigenvalue weighted by molar-refractivity contribution is 6.12. The van der Waals surface area contributed by atoms with Crippen LogP contribution < -0.4 is 9.47 Å². The Bertz CT molecular complexity index is 1080. The molecule has 0 fully saturated rings. The van der Waals surface area contributed by atoms with Crippen molar-refractivity contribution in [3.63, 3.8) is 0 Å². The molecule has 0 saturated carbocycles. The molecule has 0 N–H and O–H groups in total. The van der Waals surface area contributed by atoms with Gasteiger partial charge < -0.3 is 14.2 Å². The summed E-state index contributed by atoms with van der Waals surface area (Å²) >= 11 is 0. The first-order valence-corrected chi connectivity index (χ1v) is 11.4. The summed E-state index contributed by atoms with van der Waals surface area (Å²) < 4.78 is 16.0. The van der Waals surface area contributed by atoms with Crippen LogP contribution >= 0.6 is 0 Å². The molecule has 8 heteroatoms. The van der Waals surface area contributed by atoms with E-state index in [0.717, 1.165) is 24.2 Å². The van der Waals surface area contributed by atoms with Gasteiger partial charge in [0.2, 0.25) is 0 Å². The van der Waals surface area contributed by atoms with E-state index in [0.29, 0.717) is 29.2 Å². The van der Waals surface area contributed by atoms with Crippen LogP contribution in [0.2, 0.25) is 0 Å². The zero-order valence-corrected chi connectivity index (χ0v) is 19.5. The number of rotatable bonds is 12. The van der Waals surface area contributed by atoms with Crippen LogP contribution in [0.4, 0.5) is 0 Å². The summed E-state index contributed by atoms with van der Waals surface area (Å²) in [6.07, 6.45) is 8.36. The third kappa shape index (κ3) is 7.96. The molecule has 0 atom stereocenters. The van der Waals surface area contributed by atoms with E-state index in [4.69, 9.17) is 14.2 Å². The van der Waals surface area contributed by atoms with Crippen molar-refractivity contribution in [1.82, 2.24) is 4.90 Å². The summed E-state index contributed by atoms with van der Waals surface area (Å²) in [5.74, 6) is -0.868. The Hall–Kier alpha value is -4.20. The Balaban J connectivity index is 1.42. The van der Waals surface area contributed by atoms with E-state index >= 15 is 0 Å². The normalized spacial score (nSPS) is 12.9. The molecule has 2 aromatic rings. The third-order valence-electron chi connectivity index (χ3n) is 5.07. The first-order valence-electron chi connectivity index (χ1n) is 11.4. The average Bonchev–Trinajstić information content (AvgIpc) is 3.19. The van der Waals surface area contributed by atoms with Crippen LogP contribution in [0.5, 0.6) is 11.5 Å². The molecule has 0 unspecified atom stereocenters. The first kappa shape index (κ1) is 25.4. The molecule has 0 saturated heterocycles. The van der Waals surface area contributed by atoms with Gasteiger partial charge in [0, 0.05) is 18.2 Å². The minimum absolute atomic E-state index is 0.000971. The molecule has 0 aromatic heterocycles. The maximum atomic E-state index is 12.4. The molecule has 1 aliphatic heterocycles. The predicted molar refractivity (Wildman–Crippen MR) is 129 cm³/mol. The standard InChI is InChI=1S/C27H27NO7/c1-2-3-4-18-33-22-12-8-21(9-13-22)27(32)35-23-10-5-20(6-11-23)7-16-26(31)34-19-17-28-24(29)14-15-25(28)30/h5-16H,2-4,17-19H2,1H3. The molecule has 182 valence electrons. The predicted octanol–water partition coefficient (Wildman–Crippen LogP) is 3.96. The topological polar surface area (TPSA) is 99.2 Å². The molecular weight excluding hydrogens is 450 g/mol. The Morgan fingerprint density at radius 3 is 2.17 bits per heavy atom. The summed E-state index contributed by atoms with van der Waals surface area (Å²) in [5.41, 5.74) is 1.10. The van der Waals surface area contributed by atoms with Gasteiger partial charge in [-0.25, -0.2) is 9.59 Å². The number of nitrogens with zero attached hydrogens (tertiary/aromatic N) is 1. The second kappa shape index (κ2) is 12.9. The smallest absolute Gasteiger partial charge is 0.343 e. The van der Waals surface area contributed by atoms with Crippen LogP contribution in [0.25, 0.3) is 6.08 Å². The van der Waals surface area contributed by atoms with Crippen LogP contribution in [0.15, 0.2) is 66.8 Å². The summed E-state index contributed by atoms with van der Waals surface area (Å²) in [7, 11) is 0. The molecule has 0 radical (unpaired) electrons. The zero-order chi connectivity index (χ0) is 25.0. The van der Waals surface area contributed by atoms with Gasteiger partial charge in [-0.3, -0.25) is 14.5 Å². The van der Waals surface area contributed by atoms with Gasteiger partial charge in [0.15, 0.2) is 0 Å². The van der Waals surface area contributed by atoms with Crippen molar-refractivity contribution in [2.24, 2.45) is 0 Å². The minimum Gasteiger partial charge on any atom is -0.494 e. The Kier molecular flexibility index (Phi) is 9.36. The van der Waals surface area contributed by atoms with E-state index in [9.17, 15) is 19.2 Å². The molecule has 1 heterocycles. The molecule has 0 aliphatic carbocycles. The van der Waals surface area contributed by atoms with Crippen LogP contribution in [0.1, 0.15) is 42.1 Å². The summed E-state index contributed by atoms with van der Waals surface area (Å²) in [6.45, 7) is 2.69. The largest absolute Gasteiger partial charge is 0.494 e. The average molecular weight is 478 g/mol. The number of carbonyl (C=O) groups excluding carboxylic acids is 4. The number of unbranched alkanes of at least 4 members (excludes halogenated alkanes) is 2. The summed E-state index contributed by atoms with van der Waals surface area (Å²) in [5, 5.41) is 0. The highest BCUT2D eigenvalue weighted by atomic mass is 16.5. The quantitative estimate of drug-likeness (QED) is 0.150. The lowest BCUT2D eigenvalue weighted by atomic mass is 10.2. The molecule has 0 spiro atoms. The highest BCUT2D eigenvalue weighted by Crippen LogP contribution is 2.17. The zero-order valence-electron chi connectivity index (χ0n) is 19.5. The van der Waals surface area contributed by atoms with Gasteiger partial charge in [0.25, 0.3) is 11.8 Å². The van der Waals surface area contributed by atoms with Crippen LogP contribution in [0.3, 0.4) is 0 Å². The number of amides is 2. The second-order valence-electron chi connectivity index (χ2n) is 7.70. The van der Waals surface area contributed by atoms with Crippen molar-refractivity contribution in [3.8, 4) is 11.5 Å². The second-order valence-corrected chi connectivity index (χ2v) is 7.70. The molecule has 1 aliphatic rings. The van der Waals surface area contributed by atoms with E-state index in [-0.39, 0.29) is 13.2 Å². The van der Waals surface area contributed by atoms with Gasteiger partial charge in [-0.15, -0.1) is 0 Å². The lowest BCUT2D eigenvalue weighted by Gasteiger charge is -2.12. The third-order valence-corrected chi connectivity index (χ3v) is 5.07. The highest BCUT2D eigenvalue weighted by Gasteiger charge is 2.22. The van der Waals surface area contributed by atoms with Crippen LogP contribution in [0, 0.1) is 0 Å². The van der Waals surface area contributed by atoms with Crippen molar-refractivity contribution in [2.45, 2.75) is 26.2 Å². The van der Waals surface area contributed by atoms with E-state index in [1.165, 1.54) is 18.2 Å². The Labute approximate surface area is 203 Å². The summed E-state index contributed by atoms with van der Waals surface area (Å²) in [6, 6.07) is 13.4. The SMILES string of the molecule is CCCCCOc1ccc(C(=O)Oc2ccc(C=CC(=O)OCCN3C(=O)C=CC3=O)cc2)cc1. The number of hydrogen-bond donors (Lipinski definition) is 0. The lowest BCUT2D eigenvalue weighted by molar-refractivity contribution is -0.143. The Morgan fingerprint density at radius 1 is 0.857 bits per heavy atom. The maximum absolute atomic E-state index is 12.4. The van der Waals surface area contributed by atoms with Gasteiger partial charge >= 0.3 is 11.9 Å². The molecular formula is C27H27NO7. The molecule has 0 bridgehead atoms. The molecule has 35 heavy (non-hydrogen) atoms. The number of imide groups is 1. The van der Waals surface area contributed by atoms with E-state index in [1.807, 2.05) is 0 Å².